The molecule has 0 bridgehead atoms. The summed E-state index contributed by atoms with van der Waals surface area (Å²) in [5.74, 6) is -0.624. The molecule has 2 aromatic heterocycles. The molecule has 0 radical (unpaired) electrons. The minimum atomic E-state index is -0.624. The first-order valence-corrected chi connectivity index (χ1v) is 11.9. The van der Waals surface area contributed by atoms with E-state index in [2.05, 4.69) is 9.56 Å². The molecular formula is C23H16Cl3N3O2S. The summed E-state index contributed by atoms with van der Waals surface area (Å²) in [7, 11) is 0. The second kappa shape index (κ2) is 8.87. The third-order valence-electron chi connectivity index (χ3n) is 5.34. The SMILES string of the molecule is O=C(O/N=C/c1c(-c2ccc(Cl)cc2)nc2sc3c(n12)CCCC3)c1ccc(Cl)c(Cl)c1. The van der Waals surface area contributed by atoms with Gasteiger partial charge in [-0.1, -0.05) is 52.1 Å². The number of carbonyl (C=O) groups is 1. The molecule has 5 rings (SSSR count). The molecular weight excluding hydrogens is 489 g/mol. The first-order valence-electron chi connectivity index (χ1n) is 10.00. The van der Waals surface area contributed by atoms with Crippen LogP contribution in [0.25, 0.3) is 16.2 Å². The number of halogens is 3. The highest BCUT2D eigenvalue weighted by molar-refractivity contribution is 7.17. The van der Waals surface area contributed by atoms with Crippen LogP contribution >= 0.6 is 46.1 Å². The zero-order chi connectivity index (χ0) is 22.2. The molecule has 0 amide bonds. The molecule has 32 heavy (non-hydrogen) atoms. The largest absolute Gasteiger partial charge is 0.365 e. The van der Waals surface area contributed by atoms with Crippen LogP contribution in [0.15, 0.2) is 47.6 Å². The van der Waals surface area contributed by atoms with Crippen molar-refractivity contribution in [2.24, 2.45) is 5.16 Å². The van der Waals surface area contributed by atoms with Crippen LogP contribution in [0, 0.1) is 0 Å². The summed E-state index contributed by atoms with van der Waals surface area (Å²) in [6, 6.07) is 12.0. The lowest BCUT2D eigenvalue weighted by Crippen LogP contribution is -2.06. The molecule has 5 nitrogen and oxygen atoms in total. The van der Waals surface area contributed by atoms with Gasteiger partial charge in [0.1, 0.15) is 0 Å². The molecule has 1 aliphatic rings. The third-order valence-corrected chi connectivity index (χ3v) is 7.47. The standard InChI is InChI=1S/C23H16Cl3N3O2S/c24-15-8-5-13(6-9-15)21-19(29-18-3-1-2-4-20(18)32-23(29)28-21)12-27-31-22(30)14-7-10-16(25)17(26)11-14/h5-12H,1-4H2/b27-12+. The van der Waals surface area contributed by atoms with Gasteiger partial charge < -0.3 is 4.84 Å². The van der Waals surface area contributed by atoms with Gasteiger partial charge >= 0.3 is 5.97 Å². The van der Waals surface area contributed by atoms with Crippen molar-refractivity contribution in [1.82, 2.24) is 9.38 Å². The Kier molecular flexibility index (Phi) is 5.95. The van der Waals surface area contributed by atoms with Gasteiger partial charge in [0.15, 0.2) is 4.96 Å². The summed E-state index contributed by atoms with van der Waals surface area (Å²) in [6.45, 7) is 0. The van der Waals surface area contributed by atoms with E-state index >= 15 is 0 Å². The van der Waals surface area contributed by atoms with Crippen molar-refractivity contribution in [2.45, 2.75) is 25.7 Å². The lowest BCUT2D eigenvalue weighted by Gasteiger charge is -2.11. The van der Waals surface area contributed by atoms with Crippen LogP contribution in [0.4, 0.5) is 0 Å². The number of benzene rings is 2. The van der Waals surface area contributed by atoms with E-state index in [1.807, 2.05) is 24.3 Å². The fourth-order valence-electron chi connectivity index (χ4n) is 3.80. The Balaban J connectivity index is 1.52. The summed E-state index contributed by atoms with van der Waals surface area (Å²) in [6.07, 6.45) is 5.90. The van der Waals surface area contributed by atoms with Crippen LogP contribution in [0.5, 0.6) is 0 Å². The summed E-state index contributed by atoms with van der Waals surface area (Å²) < 4.78 is 2.12. The van der Waals surface area contributed by atoms with Gasteiger partial charge in [-0.05, 0) is 56.0 Å². The van der Waals surface area contributed by atoms with Crippen LogP contribution in [-0.2, 0) is 17.7 Å². The fourth-order valence-corrected chi connectivity index (χ4v) is 5.44. The molecule has 9 heteroatoms. The molecule has 0 spiro atoms. The predicted molar refractivity (Wildman–Crippen MR) is 130 cm³/mol. The maximum Gasteiger partial charge on any atom is 0.365 e. The van der Waals surface area contributed by atoms with Crippen LogP contribution in [-0.4, -0.2) is 21.6 Å². The average Bonchev–Trinajstić information content (AvgIpc) is 3.32. The van der Waals surface area contributed by atoms with Crippen LogP contribution in [0.1, 0.15) is 39.5 Å². The van der Waals surface area contributed by atoms with Crippen molar-refractivity contribution < 1.29 is 9.63 Å². The van der Waals surface area contributed by atoms with E-state index in [-0.39, 0.29) is 10.6 Å². The summed E-state index contributed by atoms with van der Waals surface area (Å²) >= 11 is 19.7. The molecule has 4 aromatic rings. The van der Waals surface area contributed by atoms with Crippen molar-refractivity contribution in [3.8, 4) is 11.3 Å². The zero-order valence-corrected chi connectivity index (χ0v) is 19.7. The normalized spacial score (nSPS) is 13.6. The lowest BCUT2D eigenvalue weighted by atomic mass is 10.0. The number of hydrogen-bond donors (Lipinski definition) is 0. The number of aryl methyl sites for hydroxylation is 2. The van der Waals surface area contributed by atoms with Gasteiger partial charge in [0.25, 0.3) is 0 Å². The highest BCUT2D eigenvalue weighted by Crippen LogP contribution is 2.34. The number of aromatic nitrogens is 2. The van der Waals surface area contributed by atoms with Gasteiger partial charge in [0.05, 0.1) is 33.2 Å². The molecule has 0 unspecified atom stereocenters. The smallest absolute Gasteiger partial charge is 0.313 e. The van der Waals surface area contributed by atoms with E-state index in [9.17, 15) is 4.79 Å². The molecule has 0 atom stereocenters. The number of rotatable bonds is 4. The molecule has 0 saturated carbocycles. The number of nitrogens with zero attached hydrogens (tertiary/aromatic N) is 3. The second-order valence-corrected chi connectivity index (χ2v) is 9.70. The molecule has 0 fully saturated rings. The van der Waals surface area contributed by atoms with E-state index in [4.69, 9.17) is 44.6 Å². The highest BCUT2D eigenvalue weighted by atomic mass is 35.5. The first kappa shape index (κ1) is 21.5. The number of oxime groups is 1. The highest BCUT2D eigenvalue weighted by Gasteiger charge is 2.23. The van der Waals surface area contributed by atoms with Crippen LogP contribution < -0.4 is 0 Å². The van der Waals surface area contributed by atoms with Gasteiger partial charge in [-0.2, -0.15) is 0 Å². The van der Waals surface area contributed by atoms with Gasteiger partial charge in [-0.25, -0.2) is 9.78 Å². The Hall–Kier alpha value is -2.38. The van der Waals surface area contributed by atoms with Gasteiger partial charge in [0, 0.05) is 21.2 Å². The molecule has 0 saturated heterocycles. The first-order chi connectivity index (χ1) is 15.5. The van der Waals surface area contributed by atoms with E-state index in [1.165, 1.54) is 29.1 Å². The van der Waals surface area contributed by atoms with Crippen molar-refractivity contribution >= 4 is 63.3 Å². The molecule has 0 N–H and O–H groups in total. The van der Waals surface area contributed by atoms with E-state index in [0.717, 1.165) is 41.2 Å². The number of hydrogen-bond acceptors (Lipinski definition) is 5. The topological polar surface area (TPSA) is 56.0 Å². The minimum absolute atomic E-state index is 0.265. The molecule has 2 aromatic carbocycles. The number of thiazole rings is 1. The Bertz CT molecular complexity index is 1360. The molecule has 0 aliphatic heterocycles. The Morgan fingerprint density at radius 3 is 2.62 bits per heavy atom. The number of fused-ring (bicyclic) bond motifs is 3. The van der Waals surface area contributed by atoms with Gasteiger partial charge in [-0.15, -0.1) is 11.3 Å². The summed E-state index contributed by atoms with van der Waals surface area (Å²) in [5, 5.41) is 5.28. The Labute approximate surface area is 203 Å². The van der Waals surface area contributed by atoms with Crippen LogP contribution in [0.2, 0.25) is 15.1 Å². The van der Waals surface area contributed by atoms with Gasteiger partial charge in [0.2, 0.25) is 0 Å². The van der Waals surface area contributed by atoms with Crippen molar-refractivity contribution in [1.29, 1.82) is 0 Å². The lowest BCUT2D eigenvalue weighted by molar-refractivity contribution is 0.0519. The predicted octanol–water partition coefficient (Wildman–Crippen LogP) is 7.09. The van der Waals surface area contributed by atoms with E-state index in [0.29, 0.717) is 10.0 Å². The Morgan fingerprint density at radius 2 is 1.84 bits per heavy atom. The average molecular weight is 505 g/mol. The monoisotopic (exact) mass is 503 g/mol. The van der Waals surface area contributed by atoms with Crippen molar-refractivity contribution in [3.63, 3.8) is 0 Å². The zero-order valence-electron chi connectivity index (χ0n) is 16.6. The molecule has 1 aliphatic carbocycles. The van der Waals surface area contributed by atoms with Crippen molar-refractivity contribution in [2.75, 3.05) is 0 Å². The summed E-state index contributed by atoms with van der Waals surface area (Å²) in [5.41, 5.74) is 3.95. The van der Waals surface area contributed by atoms with Crippen molar-refractivity contribution in [3.05, 3.63) is 79.4 Å². The van der Waals surface area contributed by atoms with E-state index in [1.54, 1.807) is 23.6 Å². The van der Waals surface area contributed by atoms with Gasteiger partial charge in [-0.3, -0.25) is 4.40 Å². The maximum atomic E-state index is 12.4. The van der Waals surface area contributed by atoms with E-state index < -0.39 is 5.97 Å². The Morgan fingerprint density at radius 1 is 1.06 bits per heavy atom. The third kappa shape index (κ3) is 4.04. The number of carbonyl (C=O) groups excluding carboxylic acids is 1. The minimum Gasteiger partial charge on any atom is -0.313 e. The second-order valence-electron chi connectivity index (χ2n) is 7.39. The molecule has 162 valence electrons. The fraction of sp³-hybridized carbons (Fsp3) is 0.174. The maximum absolute atomic E-state index is 12.4. The number of imidazole rings is 1. The summed E-state index contributed by atoms with van der Waals surface area (Å²) in [4.78, 5) is 24.7. The van der Waals surface area contributed by atoms with Crippen LogP contribution in [0.3, 0.4) is 0 Å². The quantitative estimate of drug-likeness (QED) is 0.169. The molecule has 2 heterocycles.